The van der Waals surface area contributed by atoms with E-state index in [9.17, 15) is 9.59 Å². The average molecular weight is 225 g/mol. The maximum atomic E-state index is 12.1. The SMILES string of the molecule is NCCN1CC(C(=O)N2CCCC2)CC1=O. The third-order valence-electron chi connectivity index (χ3n) is 3.38. The molecule has 0 bridgehead atoms. The molecule has 1 unspecified atom stereocenters. The molecule has 0 aliphatic carbocycles. The zero-order chi connectivity index (χ0) is 11.5. The van der Waals surface area contributed by atoms with Crippen molar-refractivity contribution in [2.24, 2.45) is 11.7 Å². The first-order chi connectivity index (χ1) is 7.72. The summed E-state index contributed by atoms with van der Waals surface area (Å²) in [5, 5.41) is 0. The summed E-state index contributed by atoms with van der Waals surface area (Å²) in [4.78, 5) is 27.3. The fourth-order valence-electron chi connectivity index (χ4n) is 2.51. The largest absolute Gasteiger partial charge is 0.342 e. The van der Waals surface area contributed by atoms with Crippen LogP contribution in [0.2, 0.25) is 0 Å². The number of hydrogen-bond acceptors (Lipinski definition) is 3. The van der Waals surface area contributed by atoms with E-state index >= 15 is 0 Å². The number of nitrogens with zero attached hydrogens (tertiary/aromatic N) is 2. The fraction of sp³-hybridized carbons (Fsp3) is 0.818. The molecule has 0 aromatic rings. The van der Waals surface area contributed by atoms with Crippen molar-refractivity contribution >= 4 is 11.8 Å². The highest BCUT2D eigenvalue weighted by Gasteiger charge is 2.36. The molecule has 2 aliphatic heterocycles. The van der Waals surface area contributed by atoms with Crippen LogP contribution in [0.5, 0.6) is 0 Å². The molecule has 1 atom stereocenters. The molecule has 0 aromatic carbocycles. The Hall–Kier alpha value is -1.10. The molecular weight excluding hydrogens is 206 g/mol. The van der Waals surface area contributed by atoms with Gasteiger partial charge in [0.05, 0.1) is 5.92 Å². The predicted octanol–water partition coefficient (Wildman–Crippen LogP) is -0.584. The lowest BCUT2D eigenvalue weighted by Crippen LogP contribution is -2.36. The molecule has 90 valence electrons. The van der Waals surface area contributed by atoms with Gasteiger partial charge in [0.1, 0.15) is 0 Å². The van der Waals surface area contributed by atoms with Gasteiger partial charge in [-0.15, -0.1) is 0 Å². The number of likely N-dealkylation sites (tertiary alicyclic amines) is 2. The van der Waals surface area contributed by atoms with Gasteiger partial charge in [0, 0.05) is 39.1 Å². The number of carbonyl (C=O) groups excluding carboxylic acids is 2. The minimum absolute atomic E-state index is 0.0722. The molecule has 2 saturated heterocycles. The molecule has 2 amide bonds. The minimum Gasteiger partial charge on any atom is -0.342 e. The summed E-state index contributed by atoms with van der Waals surface area (Å²) in [6.07, 6.45) is 2.56. The molecule has 2 N–H and O–H groups in total. The van der Waals surface area contributed by atoms with Gasteiger partial charge in [0.2, 0.25) is 11.8 Å². The second-order valence-electron chi connectivity index (χ2n) is 4.56. The number of hydrogen-bond donors (Lipinski definition) is 1. The monoisotopic (exact) mass is 225 g/mol. The Kier molecular flexibility index (Phi) is 3.43. The van der Waals surface area contributed by atoms with Crippen molar-refractivity contribution in [2.45, 2.75) is 19.3 Å². The van der Waals surface area contributed by atoms with Crippen LogP contribution in [-0.2, 0) is 9.59 Å². The van der Waals surface area contributed by atoms with E-state index < -0.39 is 0 Å². The lowest BCUT2D eigenvalue weighted by molar-refractivity contribution is -0.134. The molecular formula is C11H19N3O2. The quantitative estimate of drug-likeness (QED) is 0.698. The van der Waals surface area contributed by atoms with Gasteiger partial charge >= 0.3 is 0 Å². The Morgan fingerprint density at radius 3 is 2.69 bits per heavy atom. The first-order valence-electron chi connectivity index (χ1n) is 5.99. The van der Waals surface area contributed by atoms with E-state index in [1.807, 2.05) is 4.90 Å². The van der Waals surface area contributed by atoms with Crippen LogP contribution < -0.4 is 5.73 Å². The van der Waals surface area contributed by atoms with E-state index in [0.29, 0.717) is 26.1 Å². The summed E-state index contributed by atoms with van der Waals surface area (Å²) in [7, 11) is 0. The van der Waals surface area contributed by atoms with Crippen LogP contribution in [0.4, 0.5) is 0 Å². The number of rotatable bonds is 3. The third kappa shape index (κ3) is 2.19. The molecule has 16 heavy (non-hydrogen) atoms. The highest BCUT2D eigenvalue weighted by Crippen LogP contribution is 2.21. The fourth-order valence-corrected chi connectivity index (χ4v) is 2.51. The maximum absolute atomic E-state index is 12.1. The van der Waals surface area contributed by atoms with Crippen molar-refractivity contribution in [3.8, 4) is 0 Å². The summed E-state index contributed by atoms with van der Waals surface area (Å²) < 4.78 is 0. The van der Waals surface area contributed by atoms with E-state index in [1.54, 1.807) is 4.90 Å². The number of amides is 2. The van der Waals surface area contributed by atoms with Crippen LogP contribution in [-0.4, -0.2) is 54.3 Å². The summed E-state index contributed by atoms with van der Waals surface area (Å²) >= 11 is 0. The van der Waals surface area contributed by atoms with Crippen molar-refractivity contribution < 1.29 is 9.59 Å². The van der Waals surface area contributed by atoms with Crippen molar-refractivity contribution in [2.75, 3.05) is 32.7 Å². The Balaban J connectivity index is 1.91. The molecule has 5 nitrogen and oxygen atoms in total. The molecule has 0 radical (unpaired) electrons. The zero-order valence-electron chi connectivity index (χ0n) is 9.52. The lowest BCUT2D eigenvalue weighted by atomic mass is 10.1. The normalized spacial score (nSPS) is 25.6. The predicted molar refractivity (Wildman–Crippen MR) is 59.6 cm³/mol. The lowest BCUT2D eigenvalue weighted by Gasteiger charge is -2.20. The topological polar surface area (TPSA) is 66.6 Å². The molecule has 2 rings (SSSR count). The van der Waals surface area contributed by atoms with Crippen LogP contribution in [0.25, 0.3) is 0 Å². The van der Waals surface area contributed by atoms with Crippen molar-refractivity contribution in [1.82, 2.24) is 9.80 Å². The smallest absolute Gasteiger partial charge is 0.227 e. The van der Waals surface area contributed by atoms with Crippen LogP contribution in [0.15, 0.2) is 0 Å². The van der Waals surface area contributed by atoms with Gasteiger partial charge in [-0.25, -0.2) is 0 Å². The van der Waals surface area contributed by atoms with Crippen LogP contribution in [0, 0.1) is 5.92 Å². The molecule has 2 aliphatic rings. The third-order valence-corrected chi connectivity index (χ3v) is 3.38. The Labute approximate surface area is 95.6 Å². The molecule has 0 saturated carbocycles. The second-order valence-corrected chi connectivity index (χ2v) is 4.56. The number of nitrogens with two attached hydrogens (primary N) is 1. The van der Waals surface area contributed by atoms with E-state index in [1.165, 1.54) is 0 Å². The molecule has 0 aromatic heterocycles. The van der Waals surface area contributed by atoms with Crippen LogP contribution >= 0.6 is 0 Å². The van der Waals surface area contributed by atoms with Gasteiger partial charge in [0.15, 0.2) is 0 Å². The van der Waals surface area contributed by atoms with Gasteiger partial charge in [-0.1, -0.05) is 0 Å². The first kappa shape index (κ1) is 11.4. The van der Waals surface area contributed by atoms with Crippen LogP contribution in [0.3, 0.4) is 0 Å². The number of carbonyl (C=O) groups is 2. The highest BCUT2D eigenvalue weighted by molar-refractivity contribution is 5.89. The standard InChI is InChI=1S/C11H19N3O2/c12-3-6-14-8-9(7-10(14)15)11(16)13-4-1-2-5-13/h9H,1-8,12H2. The van der Waals surface area contributed by atoms with Crippen molar-refractivity contribution in [1.29, 1.82) is 0 Å². The molecule has 0 spiro atoms. The summed E-state index contributed by atoms with van der Waals surface area (Å²) in [6.45, 7) is 3.32. The summed E-state index contributed by atoms with van der Waals surface area (Å²) in [6, 6.07) is 0. The second kappa shape index (κ2) is 4.82. The Morgan fingerprint density at radius 2 is 2.06 bits per heavy atom. The maximum Gasteiger partial charge on any atom is 0.227 e. The molecule has 5 heteroatoms. The molecule has 2 heterocycles. The van der Waals surface area contributed by atoms with Crippen molar-refractivity contribution in [3.63, 3.8) is 0 Å². The Bertz CT molecular complexity index is 287. The van der Waals surface area contributed by atoms with Crippen molar-refractivity contribution in [3.05, 3.63) is 0 Å². The van der Waals surface area contributed by atoms with Crippen LogP contribution in [0.1, 0.15) is 19.3 Å². The van der Waals surface area contributed by atoms with Gasteiger partial charge in [-0.3, -0.25) is 9.59 Å². The minimum atomic E-state index is -0.128. The van der Waals surface area contributed by atoms with Gasteiger partial charge in [0.25, 0.3) is 0 Å². The van der Waals surface area contributed by atoms with Gasteiger partial charge < -0.3 is 15.5 Å². The highest BCUT2D eigenvalue weighted by atomic mass is 16.2. The summed E-state index contributed by atoms with van der Waals surface area (Å²) in [5.41, 5.74) is 5.43. The Morgan fingerprint density at radius 1 is 1.38 bits per heavy atom. The van der Waals surface area contributed by atoms with E-state index in [2.05, 4.69) is 0 Å². The average Bonchev–Trinajstić information content (AvgIpc) is 2.88. The first-order valence-corrected chi connectivity index (χ1v) is 5.99. The molecule has 2 fully saturated rings. The van der Waals surface area contributed by atoms with E-state index in [-0.39, 0.29) is 17.7 Å². The van der Waals surface area contributed by atoms with Gasteiger partial charge in [-0.05, 0) is 12.8 Å². The van der Waals surface area contributed by atoms with E-state index in [0.717, 1.165) is 25.9 Å². The van der Waals surface area contributed by atoms with Gasteiger partial charge in [-0.2, -0.15) is 0 Å². The zero-order valence-corrected chi connectivity index (χ0v) is 9.52. The summed E-state index contributed by atoms with van der Waals surface area (Å²) in [5.74, 6) is 0.102. The van der Waals surface area contributed by atoms with E-state index in [4.69, 9.17) is 5.73 Å².